The molecule has 126 valence electrons. The molecule has 4 heteroatoms. The van der Waals surface area contributed by atoms with E-state index in [4.69, 9.17) is 4.74 Å². The molecule has 4 nitrogen and oxygen atoms in total. The average molecular weight is 340 g/mol. The number of benzene rings is 2. The molecular weight excluding hydrogens is 324 g/mol. The molecule has 0 saturated carbocycles. The van der Waals surface area contributed by atoms with Crippen LogP contribution >= 0.6 is 0 Å². The van der Waals surface area contributed by atoms with Gasteiger partial charge in [0.15, 0.2) is 0 Å². The van der Waals surface area contributed by atoms with Gasteiger partial charge in [-0.3, -0.25) is 9.36 Å². The second kappa shape index (κ2) is 5.49. The van der Waals surface area contributed by atoms with E-state index in [1.807, 2.05) is 79.1 Å². The van der Waals surface area contributed by atoms with Crippen molar-refractivity contribution in [2.24, 2.45) is 0 Å². The number of aromatic nitrogens is 2. The number of pyridine rings is 1. The molecule has 3 heterocycles. The summed E-state index contributed by atoms with van der Waals surface area (Å²) in [6.45, 7) is 0. The van der Waals surface area contributed by atoms with Crippen LogP contribution in [-0.4, -0.2) is 16.1 Å². The van der Waals surface area contributed by atoms with E-state index in [-0.39, 0.29) is 5.56 Å². The van der Waals surface area contributed by atoms with Crippen molar-refractivity contribution < 1.29 is 4.74 Å². The monoisotopic (exact) mass is 340 g/mol. The Morgan fingerprint density at radius 2 is 1.58 bits per heavy atom. The molecule has 2 aromatic carbocycles. The lowest BCUT2D eigenvalue weighted by Gasteiger charge is -2.17. The number of nitrogens with zero attached hydrogens (tertiary/aromatic N) is 2. The van der Waals surface area contributed by atoms with Crippen molar-refractivity contribution >= 4 is 16.3 Å². The number of ether oxygens (including phenoxy) is 1. The maximum Gasteiger partial charge on any atom is 0.263 e. The lowest BCUT2D eigenvalue weighted by molar-refractivity contribution is 0.415. The molecule has 0 saturated heterocycles. The third kappa shape index (κ3) is 1.99. The Balaban J connectivity index is 2.00. The summed E-state index contributed by atoms with van der Waals surface area (Å²) in [5.74, 6) is 0.805. The summed E-state index contributed by atoms with van der Waals surface area (Å²) in [5.41, 5.74) is 3.91. The fraction of sp³-hybridized carbons (Fsp3) is 0.0455. The van der Waals surface area contributed by atoms with Crippen LogP contribution in [0.3, 0.4) is 0 Å². The highest BCUT2D eigenvalue weighted by atomic mass is 16.5. The molecule has 2 aliphatic heterocycles. The molecule has 0 fully saturated rings. The number of methoxy groups -OCH3 is 1. The standard InChI is InChI=1S/C22H16N2O2/c1-26-17-11-9-15(10-12-17)20-21-18-7-2-3-8-19(18)22(25)24(21)14-16-6-4-5-13-23(16)20/h2-14H,1H3. The van der Waals surface area contributed by atoms with Crippen molar-refractivity contribution in [1.29, 1.82) is 0 Å². The molecule has 2 aliphatic rings. The van der Waals surface area contributed by atoms with E-state index < -0.39 is 0 Å². The van der Waals surface area contributed by atoms with Gasteiger partial charge in [-0.1, -0.05) is 24.3 Å². The third-order valence-corrected chi connectivity index (χ3v) is 4.85. The molecule has 1 aromatic heterocycles. The number of fused-ring (bicyclic) bond motifs is 4. The largest absolute Gasteiger partial charge is 0.497 e. The summed E-state index contributed by atoms with van der Waals surface area (Å²) < 4.78 is 9.18. The molecule has 0 amide bonds. The molecule has 0 atom stereocenters. The summed E-state index contributed by atoms with van der Waals surface area (Å²) in [4.78, 5) is 12.9. The van der Waals surface area contributed by atoms with Crippen molar-refractivity contribution in [2.45, 2.75) is 0 Å². The minimum Gasteiger partial charge on any atom is -0.497 e. The Labute approximate surface area is 149 Å². The number of rotatable bonds is 2. The normalized spacial score (nSPS) is 11.4. The van der Waals surface area contributed by atoms with Crippen LogP contribution in [0.5, 0.6) is 5.75 Å². The molecule has 0 aliphatic carbocycles. The van der Waals surface area contributed by atoms with Gasteiger partial charge in [0.1, 0.15) is 5.75 Å². The first-order valence-electron chi connectivity index (χ1n) is 8.45. The van der Waals surface area contributed by atoms with Crippen LogP contribution in [0.25, 0.3) is 33.2 Å². The van der Waals surface area contributed by atoms with Crippen LogP contribution in [-0.2, 0) is 0 Å². The molecule has 3 aromatic rings. The molecular formula is C22H16N2O2. The first-order chi connectivity index (χ1) is 12.8. The van der Waals surface area contributed by atoms with Gasteiger partial charge in [0.2, 0.25) is 0 Å². The third-order valence-electron chi connectivity index (χ3n) is 4.85. The number of hydrogen-bond acceptors (Lipinski definition) is 2. The minimum atomic E-state index is 0.0108. The van der Waals surface area contributed by atoms with Crippen molar-refractivity contribution in [1.82, 2.24) is 8.97 Å². The summed E-state index contributed by atoms with van der Waals surface area (Å²) in [5, 5.41) is 1.69. The first kappa shape index (κ1) is 14.8. The molecule has 26 heavy (non-hydrogen) atoms. The Hall–Kier alpha value is -3.53. The minimum absolute atomic E-state index is 0.0108. The van der Waals surface area contributed by atoms with Crippen LogP contribution in [0.4, 0.5) is 0 Å². The topological polar surface area (TPSA) is 35.6 Å². The van der Waals surface area contributed by atoms with Crippen molar-refractivity contribution in [3.8, 4) is 22.7 Å². The smallest absolute Gasteiger partial charge is 0.263 e. The Morgan fingerprint density at radius 1 is 0.846 bits per heavy atom. The average Bonchev–Trinajstić information content (AvgIpc) is 2.99. The highest BCUT2D eigenvalue weighted by Crippen LogP contribution is 2.34. The van der Waals surface area contributed by atoms with E-state index >= 15 is 0 Å². The Kier molecular flexibility index (Phi) is 3.12. The van der Waals surface area contributed by atoms with Gasteiger partial charge in [-0.15, -0.1) is 0 Å². The second-order valence-corrected chi connectivity index (χ2v) is 6.27. The SMILES string of the molecule is COc1ccc(-c2c3c4ccccc4c(=O)n-3cc3ccccn23)cc1. The van der Waals surface area contributed by atoms with E-state index in [2.05, 4.69) is 4.40 Å². The molecule has 0 radical (unpaired) electrons. The molecule has 0 unspecified atom stereocenters. The van der Waals surface area contributed by atoms with Crippen LogP contribution in [0.1, 0.15) is 0 Å². The second-order valence-electron chi connectivity index (χ2n) is 6.27. The van der Waals surface area contributed by atoms with Crippen LogP contribution in [0.15, 0.2) is 83.9 Å². The lowest BCUT2D eigenvalue weighted by Crippen LogP contribution is -2.14. The quantitative estimate of drug-likeness (QED) is 0.479. The van der Waals surface area contributed by atoms with Crippen LogP contribution in [0.2, 0.25) is 0 Å². The fourth-order valence-corrected chi connectivity index (χ4v) is 3.64. The highest BCUT2D eigenvalue weighted by molar-refractivity contribution is 5.97. The maximum absolute atomic E-state index is 12.9. The van der Waals surface area contributed by atoms with Crippen molar-refractivity contribution in [3.63, 3.8) is 0 Å². The van der Waals surface area contributed by atoms with Gasteiger partial charge in [-0.25, -0.2) is 0 Å². The first-order valence-corrected chi connectivity index (χ1v) is 8.45. The summed E-state index contributed by atoms with van der Waals surface area (Å²) in [6, 6.07) is 21.7. The predicted molar refractivity (Wildman–Crippen MR) is 104 cm³/mol. The highest BCUT2D eigenvalue weighted by Gasteiger charge is 2.21. The van der Waals surface area contributed by atoms with E-state index in [9.17, 15) is 4.79 Å². The molecule has 0 bridgehead atoms. The van der Waals surface area contributed by atoms with E-state index in [0.717, 1.165) is 39.0 Å². The van der Waals surface area contributed by atoms with Crippen molar-refractivity contribution in [2.75, 3.05) is 7.11 Å². The summed E-state index contributed by atoms with van der Waals surface area (Å²) >= 11 is 0. The van der Waals surface area contributed by atoms with Crippen LogP contribution < -0.4 is 10.3 Å². The zero-order valence-corrected chi connectivity index (χ0v) is 14.2. The zero-order chi connectivity index (χ0) is 17.7. The Morgan fingerprint density at radius 3 is 2.35 bits per heavy atom. The lowest BCUT2D eigenvalue weighted by atomic mass is 10.1. The van der Waals surface area contributed by atoms with Gasteiger partial charge in [0, 0.05) is 28.7 Å². The Bertz CT molecular complexity index is 1280. The van der Waals surface area contributed by atoms with E-state index in [1.165, 1.54) is 0 Å². The van der Waals surface area contributed by atoms with Gasteiger partial charge in [0.25, 0.3) is 5.56 Å². The molecule has 0 N–H and O–H groups in total. The van der Waals surface area contributed by atoms with Gasteiger partial charge in [-0.05, 0) is 42.5 Å². The van der Waals surface area contributed by atoms with E-state index in [1.54, 1.807) is 11.7 Å². The van der Waals surface area contributed by atoms with Gasteiger partial charge in [-0.2, -0.15) is 0 Å². The van der Waals surface area contributed by atoms with Crippen molar-refractivity contribution in [3.05, 3.63) is 89.5 Å². The van der Waals surface area contributed by atoms with Crippen LogP contribution in [0, 0.1) is 0 Å². The maximum atomic E-state index is 12.9. The zero-order valence-electron chi connectivity index (χ0n) is 14.2. The fourth-order valence-electron chi connectivity index (χ4n) is 3.64. The van der Waals surface area contributed by atoms with Gasteiger partial charge < -0.3 is 9.14 Å². The molecule has 5 rings (SSSR count). The summed E-state index contributed by atoms with van der Waals surface area (Å²) in [6.07, 6.45) is 3.94. The summed E-state index contributed by atoms with van der Waals surface area (Å²) in [7, 11) is 1.66. The van der Waals surface area contributed by atoms with Gasteiger partial charge >= 0.3 is 0 Å². The van der Waals surface area contributed by atoms with Gasteiger partial charge in [0.05, 0.1) is 24.0 Å². The molecule has 0 spiro atoms. The number of hydrogen-bond donors (Lipinski definition) is 0. The van der Waals surface area contributed by atoms with E-state index in [0.29, 0.717) is 0 Å². The predicted octanol–water partition coefficient (Wildman–Crippen LogP) is 4.36.